The maximum absolute atomic E-state index is 13.1. The molecule has 4 heteroatoms. The first-order valence-corrected chi connectivity index (χ1v) is 6.24. The predicted octanol–water partition coefficient (Wildman–Crippen LogP) is 4.76. The number of benzene rings is 2. The molecule has 0 unspecified atom stereocenters. The fraction of sp³-hybridized carbons (Fsp3) is 0. The van der Waals surface area contributed by atoms with E-state index in [0.29, 0.717) is 5.02 Å². The van der Waals surface area contributed by atoms with Crippen LogP contribution in [0.4, 0.5) is 4.39 Å². The number of halogens is 2. The van der Waals surface area contributed by atoms with E-state index in [1.165, 1.54) is 23.5 Å². The molecule has 0 bridgehead atoms. The number of aromatic nitrogens is 1. The molecule has 3 rings (SSSR count). The van der Waals surface area contributed by atoms with Gasteiger partial charge in [-0.2, -0.15) is 0 Å². The molecular formula is C13H7ClFNS. The summed E-state index contributed by atoms with van der Waals surface area (Å²) in [6.07, 6.45) is 0. The third-order valence-corrected chi connectivity index (χ3v) is 3.84. The molecule has 3 aromatic rings. The van der Waals surface area contributed by atoms with Gasteiger partial charge in [0.1, 0.15) is 10.8 Å². The second kappa shape index (κ2) is 4.09. The molecule has 1 heterocycles. The Morgan fingerprint density at radius 2 is 1.94 bits per heavy atom. The van der Waals surface area contributed by atoms with Crippen LogP contribution in [0.25, 0.3) is 20.8 Å². The highest BCUT2D eigenvalue weighted by molar-refractivity contribution is 7.21. The molecule has 0 N–H and O–H groups in total. The van der Waals surface area contributed by atoms with Gasteiger partial charge in [-0.3, -0.25) is 0 Å². The average molecular weight is 264 g/mol. The van der Waals surface area contributed by atoms with Crippen molar-refractivity contribution in [3.05, 3.63) is 53.3 Å². The van der Waals surface area contributed by atoms with Crippen LogP contribution in [-0.4, -0.2) is 4.98 Å². The van der Waals surface area contributed by atoms with Crippen LogP contribution in [0.15, 0.2) is 42.5 Å². The minimum Gasteiger partial charge on any atom is -0.236 e. The Hall–Kier alpha value is -1.45. The van der Waals surface area contributed by atoms with Crippen LogP contribution < -0.4 is 0 Å². The lowest BCUT2D eigenvalue weighted by molar-refractivity contribution is 0.630. The van der Waals surface area contributed by atoms with Crippen molar-refractivity contribution in [2.24, 2.45) is 0 Å². The molecular weight excluding hydrogens is 257 g/mol. The summed E-state index contributed by atoms with van der Waals surface area (Å²) in [7, 11) is 0. The lowest BCUT2D eigenvalue weighted by Crippen LogP contribution is -1.76. The molecule has 0 aliphatic carbocycles. The predicted molar refractivity (Wildman–Crippen MR) is 70.0 cm³/mol. The normalized spacial score (nSPS) is 10.9. The van der Waals surface area contributed by atoms with Gasteiger partial charge in [-0.25, -0.2) is 9.37 Å². The lowest BCUT2D eigenvalue weighted by Gasteiger charge is -1.97. The topological polar surface area (TPSA) is 12.9 Å². The summed E-state index contributed by atoms with van der Waals surface area (Å²) in [6.45, 7) is 0. The summed E-state index contributed by atoms with van der Waals surface area (Å²) in [6, 6.07) is 12.1. The Morgan fingerprint density at radius 3 is 2.76 bits per heavy atom. The van der Waals surface area contributed by atoms with E-state index in [9.17, 15) is 4.39 Å². The summed E-state index contributed by atoms with van der Waals surface area (Å²) in [5.74, 6) is -0.244. The van der Waals surface area contributed by atoms with Crippen molar-refractivity contribution in [3.63, 3.8) is 0 Å². The molecule has 84 valence electrons. The largest absolute Gasteiger partial charge is 0.236 e. The molecule has 1 aromatic heterocycles. The zero-order valence-electron chi connectivity index (χ0n) is 8.65. The fourth-order valence-electron chi connectivity index (χ4n) is 1.65. The van der Waals surface area contributed by atoms with Crippen molar-refractivity contribution in [1.82, 2.24) is 4.98 Å². The molecule has 0 saturated carbocycles. The molecule has 0 aliphatic heterocycles. The Balaban J connectivity index is 2.22. The van der Waals surface area contributed by atoms with Gasteiger partial charge in [-0.1, -0.05) is 29.8 Å². The van der Waals surface area contributed by atoms with Gasteiger partial charge in [0.2, 0.25) is 0 Å². The van der Waals surface area contributed by atoms with Gasteiger partial charge < -0.3 is 0 Å². The Labute approximate surface area is 106 Å². The van der Waals surface area contributed by atoms with E-state index in [1.807, 2.05) is 24.3 Å². The summed E-state index contributed by atoms with van der Waals surface area (Å²) < 4.78 is 13.9. The number of hydrogen-bond acceptors (Lipinski definition) is 2. The first-order chi connectivity index (χ1) is 8.24. The molecule has 0 radical (unpaired) electrons. The van der Waals surface area contributed by atoms with Gasteiger partial charge in [0.05, 0.1) is 15.2 Å². The van der Waals surface area contributed by atoms with E-state index in [1.54, 1.807) is 6.07 Å². The number of thiazole rings is 1. The summed E-state index contributed by atoms with van der Waals surface area (Å²) in [5.41, 5.74) is 1.68. The summed E-state index contributed by atoms with van der Waals surface area (Å²) in [5, 5.41) is 1.48. The van der Waals surface area contributed by atoms with Gasteiger partial charge in [0.15, 0.2) is 0 Å². The van der Waals surface area contributed by atoms with Crippen molar-refractivity contribution in [1.29, 1.82) is 0 Å². The highest BCUT2D eigenvalue weighted by Crippen LogP contribution is 2.34. The molecule has 0 amide bonds. The quantitative estimate of drug-likeness (QED) is 0.617. The van der Waals surface area contributed by atoms with E-state index >= 15 is 0 Å². The summed E-state index contributed by atoms with van der Waals surface area (Å²) in [4.78, 5) is 4.45. The highest BCUT2D eigenvalue weighted by Gasteiger charge is 2.09. The third kappa shape index (κ3) is 1.92. The van der Waals surface area contributed by atoms with E-state index in [-0.39, 0.29) is 5.82 Å². The number of fused-ring (bicyclic) bond motifs is 1. The molecule has 1 nitrogen and oxygen atoms in total. The number of hydrogen-bond donors (Lipinski definition) is 0. The van der Waals surface area contributed by atoms with E-state index in [0.717, 1.165) is 20.8 Å². The Kier molecular flexibility index (Phi) is 2.57. The molecule has 0 spiro atoms. The zero-order valence-corrected chi connectivity index (χ0v) is 10.2. The first-order valence-electron chi connectivity index (χ1n) is 5.05. The van der Waals surface area contributed by atoms with Crippen LogP contribution in [0.2, 0.25) is 5.02 Å². The second-order valence-electron chi connectivity index (χ2n) is 3.61. The van der Waals surface area contributed by atoms with Crippen molar-refractivity contribution in [2.75, 3.05) is 0 Å². The van der Waals surface area contributed by atoms with Gasteiger partial charge in [0.25, 0.3) is 0 Å². The van der Waals surface area contributed by atoms with Crippen LogP contribution in [0.3, 0.4) is 0 Å². The van der Waals surface area contributed by atoms with Gasteiger partial charge in [-0.05, 0) is 24.3 Å². The third-order valence-electron chi connectivity index (χ3n) is 2.45. The van der Waals surface area contributed by atoms with Crippen molar-refractivity contribution in [2.45, 2.75) is 0 Å². The maximum Gasteiger partial charge on any atom is 0.126 e. The molecule has 0 atom stereocenters. The van der Waals surface area contributed by atoms with Crippen LogP contribution in [-0.2, 0) is 0 Å². The van der Waals surface area contributed by atoms with E-state index in [4.69, 9.17) is 11.6 Å². The minimum atomic E-state index is -0.244. The molecule has 17 heavy (non-hydrogen) atoms. The van der Waals surface area contributed by atoms with E-state index in [2.05, 4.69) is 4.98 Å². The fourth-order valence-corrected chi connectivity index (χ4v) is 2.96. The summed E-state index contributed by atoms with van der Waals surface area (Å²) >= 11 is 7.55. The van der Waals surface area contributed by atoms with Crippen molar-refractivity contribution < 1.29 is 4.39 Å². The Bertz CT molecular complexity index is 693. The van der Waals surface area contributed by atoms with Gasteiger partial charge >= 0.3 is 0 Å². The lowest BCUT2D eigenvalue weighted by atomic mass is 10.2. The first kappa shape index (κ1) is 10.7. The zero-order chi connectivity index (χ0) is 11.8. The average Bonchev–Trinajstić information content (AvgIpc) is 2.72. The van der Waals surface area contributed by atoms with Crippen molar-refractivity contribution >= 4 is 33.2 Å². The van der Waals surface area contributed by atoms with Crippen molar-refractivity contribution in [3.8, 4) is 10.6 Å². The second-order valence-corrected chi connectivity index (χ2v) is 5.05. The number of rotatable bonds is 1. The minimum absolute atomic E-state index is 0.244. The molecule has 0 aliphatic rings. The monoisotopic (exact) mass is 263 g/mol. The van der Waals surface area contributed by atoms with Crippen LogP contribution in [0.5, 0.6) is 0 Å². The maximum atomic E-state index is 13.1. The van der Waals surface area contributed by atoms with Crippen LogP contribution >= 0.6 is 22.9 Å². The van der Waals surface area contributed by atoms with Gasteiger partial charge in [-0.15, -0.1) is 11.3 Å². The van der Waals surface area contributed by atoms with Gasteiger partial charge in [0, 0.05) is 5.56 Å². The molecule has 0 saturated heterocycles. The molecule has 0 fully saturated rings. The number of nitrogens with zero attached hydrogens (tertiary/aromatic N) is 1. The van der Waals surface area contributed by atoms with E-state index < -0.39 is 0 Å². The Morgan fingerprint density at radius 1 is 1.12 bits per heavy atom. The highest BCUT2D eigenvalue weighted by atomic mass is 35.5. The van der Waals surface area contributed by atoms with Crippen LogP contribution in [0, 0.1) is 5.82 Å². The van der Waals surface area contributed by atoms with Crippen LogP contribution in [0.1, 0.15) is 0 Å². The smallest absolute Gasteiger partial charge is 0.126 e. The molecule has 2 aromatic carbocycles. The SMILES string of the molecule is Fc1ccc2nc(-c3ccccc3Cl)sc2c1. The standard InChI is InChI=1S/C13H7ClFNS/c14-10-4-2-1-3-9(10)13-16-11-6-5-8(15)7-12(11)17-13/h1-7H.